The summed E-state index contributed by atoms with van der Waals surface area (Å²) >= 11 is 1.03. The number of aliphatic carboxylic acids is 1. The van der Waals surface area contributed by atoms with E-state index in [2.05, 4.69) is 51.3 Å². The number of nitrogens with one attached hydrogen (secondary N) is 2. The van der Waals surface area contributed by atoms with E-state index in [9.17, 15) is 28.8 Å². The third kappa shape index (κ3) is 29.2. The lowest BCUT2D eigenvalue weighted by Gasteiger charge is -2.58. The predicted molar refractivity (Wildman–Crippen MR) is 341 cm³/mol. The third-order valence-corrected chi connectivity index (χ3v) is 20.0. The molecule has 0 aromatic heterocycles. The lowest BCUT2D eigenvalue weighted by molar-refractivity contribution is -0.151. The van der Waals surface area contributed by atoms with Crippen molar-refractivity contribution in [1.29, 1.82) is 0 Å². The Hall–Kier alpha value is -3.41. The van der Waals surface area contributed by atoms with Crippen molar-refractivity contribution in [3.05, 3.63) is 11.6 Å². The number of allylic oxidation sites excluding steroid dienone is 1. The molecule has 4 fully saturated rings. The van der Waals surface area contributed by atoms with E-state index in [1.165, 1.54) is 56.9 Å². The number of carbonyl (C=O) groups is 6. The summed E-state index contributed by atoms with van der Waals surface area (Å²) < 4.78 is 72.2. The Morgan fingerprint density at radius 1 is 0.615 bits per heavy atom. The van der Waals surface area contributed by atoms with E-state index in [-0.39, 0.29) is 87.2 Å². The van der Waals surface area contributed by atoms with Crippen LogP contribution in [-0.2, 0) is 90.3 Å². The minimum Gasteiger partial charge on any atom is -0.480 e. The van der Waals surface area contributed by atoms with Gasteiger partial charge in [0.1, 0.15) is 18.7 Å². The van der Waals surface area contributed by atoms with Crippen LogP contribution in [0.4, 0.5) is 0 Å². The van der Waals surface area contributed by atoms with Crippen LogP contribution in [0.1, 0.15) is 125 Å². The van der Waals surface area contributed by atoms with Crippen LogP contribution in [0, 0.1) is 46.3 Å². The number of carboxylic acid groups (broad SMARTS) is 1. The number of nitrogens with zero attached hydrogens (tertiary/aromatic N) is 1. The van der Waals surface area contributed by atoms with Gasteiger partial charge in [0.15, 0.2) is 0 Å². The number of hydrogen-bond acceptors (Lipinski definition) is 21. The molecule has 1 aliphatic heterocycles. The van der Waals surface area contributed by atoms with Crippen molar-refractivity contribution < 1.29 is 95.5 Å². The maximum Gasteiger partial charge on any atom is 0.325 e. The molecule has 5 unspecified atom stereocenters. The first-order valence-electron chi connectivity index (χ1n) is 33.8. The topological polar surface area (TPSA) is 296 Å². The van der Waals surface area contributed by atoms with Gasteiger partial charge >= 0.3 is 11.9 Å². The molecular formula is C66H114N4O20S. The second-order valence-corrected chi connectivity index (χ2v) is 26.7. The van der Waals surface area contributed by atoms with E-state index in [0.717, 1.165) is 71.4 Å². The van der Waals surface area contributed by atoms with Crippen LogP contribution in [0.3, 0.4) is 0 Å². The first-order chi connectivity index (χ1) is 44.0. The molecule has 0 aromatic carbocycles. The van der Waals surface area contributed by atoms with Crippen LogP contribution in [0.25, 0.3) is 0 Å². The van der Waals surface area contributed by atoms with Gasteiger partial charge in [0.25, 0.3) is 0 Å². The molecular weight excluding hydrogens is 1200 g/mol. The summed E-state index contributed by atoms with van der Waals surface area (Å²) in [4.78, 5) is 74.1. The molecule has 4 amide bonds. The average Bonchev–Trinajstić information content (AvgIpc) is 1.70. The van der Waals surface area contributed by atoms with Gasteiger partial charge in [-0.2, -0.15) is 0 Å². The molecule has 0 radical (unpaired) electrons. The van der Waals surface area contributed by atoms with E-state index in [4.69, 9.17) is 72.4 Å². The quantitative estimate of drug-likeness (QED) is 0.0256. The number of amides is 4. The molecule has 5 aliphatic rings. The lowest BCUT2D eigenvalue weighted by atomic mass is 9.47. The van der Waals surface area contributed by atoms with Crippen molar-refractivity contribution >= 4 is 47.3 Å². The Labute approximate surface area is 545 Å². The molecule has 0 spiro atoms. The van der Waals surface area contributed by atoms with Gasteiger partial charge < -0.3 is 83.1 Å². The number of carbonyl (C=O) groups excluding carboxylic acids is 5. The second kappa shape index (κ2) is 45.1. The van der Waals surface area contributed by atoms with Crippen molar-refractivity contribution in [2.45, 2.75) is 142 Å². The molecule has 5 N–H and O–H groups in total. The molecule has 91 heavy (non-hydrogen) atoms. The average molecular weight is 1320 g/mol. The highest BCUT2D eigenvalue weighted by atomic mass is 32.2. The predicted octanol–water partition coefficient (Wildman–Crippen LogP) is 5.42. The van der Waals surface area contributed by atoms with Crippen LogP contribution in [0.15, 0.2) is 11.6 Å². The Morgan fingerprint density at radius 2 is 1.11 bits per heavy atom. The van der Waals surface area contributed by atoms with E-state index < -0.39 is 29.1 Å². The molecule has 5 rings (SSSR count). The summed E-state index contributed by atoms with van der Waals surface area (Å²) in [5, 5.41) is 13.6. The highest BCUT2D eigenvalue weighted by Gasteiger charge is 2.59. The van der Waals surface area contributed by atoms with Gasteiger partial charge in [-0.15, -0.1) is 11.8 Å². The number of hydrogen-bond donors (Lipinski definition) is 4. The molecule has 10 atom stereocenters. The van der Waals surface area contributed by atoms with Crippen molar-refractivity contribution in [2.75, 3.05) is 184 Å². The van der Waals surface area contributed by atoms with E-state index >= 15 is 0 Å². The van der Waals surface area contributed by atoms with Gasteiger partial charge in [-0.3, -0.25) is 33.7 Å². The number of esters is 1. The smallest absolute Gasteiger partial charge is 0.325 e. The van der Waals surface area contributed by atoms with Crippen LogP contribution in [0.5, 0.6) is 0 Å². The van der Waals surface area contributed by atoms with Gasteiger partial charge in [-0.05, 0) is 91.3 Å². The molecule has 0 bridgehead atoms. The van der Waals surface area contributed by atoms with E-state index in [1.807, 2.05) is 0 Å². The number of nitrogens with two attached hydrogens (primary N) is 1. The van der Waals surface area contributed by atoms with Crippen LogP contribution < -0.4 is 16.4 Å². The molecule has 0 aromatic rings. The van der Waals surface area contributed by atoms with E-state index in [1.54, 1.807) is 0 Å². The zero-order chi connectivity index (χ0) is 65.5. The summed E-state index contributed by atoms with van der Waals surface area (Å²) in [5.41, 5.74) is 7.64. The lowest BCUT2D eigenvalue weighted by Crippen LogP contribution is -2.51. The molecule has 1 saturated heterocycles. The summed E-state index contributed by atoms with van der Waals surface area (Å²) in [6, 6.07) is -1.12. The summed E-state index contributed by atoms with van der Waals surface area (Å²) in [6.45, 7) is 22.3. The number of ether oxygens (including phenoxy) is 13. The molecule has 1 heterocycles. The van der Waals surface area contributed by atoms with Crippen molar-refractivity contribution in [1.82, 2.24) is 15.5 Å². The zero-order valence-electron chi connectivity index (χ0n) is 55.6. The van der Waals surface area contributed by atoms with Crippen molar-refractivity contribution in [3.8, 4) is 0 Å². The normalized spacial score (nSPS) is 24.4. The Kier molecular flexibility index (Phi) is 38.8. The maximum atomic E-state index is 12.8. The molecule has 25 heteroatoms. The fourth-order valence-corrected chi connectivity index (χ4v) is 14.9. The summed E-state index contributed by atoms with van der Waals surface area (Å²) in [5.74, 6) is 1.83. The number of carboxylic acids is 1. The van der Waals surface area contributed by atoms with Gasteiger partial charge in [0.2, 0.25) is 23.6 Å². The number of likely N-dealkylation sites (tertiary alicyclic amines) is 1. The van der Waals surface area contributed by atoms with Crippen molar-refractivity contribution in [3.63, 3.8) is 0 Å². The number of rotatable bonds is 54. The second-order valence-electron chi connectivity index (χ2n) is 25.5. The molecule has 3 saturated carbocycles. The van der Waals surface area contributed by atoms with Crippen molar-refractivity contribution in [2.24, 2.45) is 52.1 Å². The Morgan fingerprint density at radius 3 is 1.62 bits per heavy atom. The van der Waals surface area contributed by atoms with E-state index in [0.29, 0.717) is 151 Å². The summed E-state index contributed by atoms with van der Waals surface area (Å²) in [7, 11) is 0. The van der Waals surface area contributed by atoms with Gasteiger partial charge in [-0.25, -0.2) is 0 Å². The number of imide groups is 1. The highest BCUT2D eigenvalue weighted by Crippen LogP contribution is 2.67. The van der Waals surface area contributed by atoms with Gasteiger partial charge in [-0.1, -0.05) is 65.5 Å². The third-order valence-electron chi connectivity index (χ3n) is 18.7. The Balaban J connectivity index is 0.681. The first kappa shape index (κ1) is 78.3. The maximum absolute atomic E-state index is 12.8. The molecule has 4 aliphatic carbocycles. The Bertz CT molecular complexity index is 2130. The first-order valence-corrected chi connectivity index (χ1v) is 34.9. The zero-order valence-corrected chi connectivity index (χ0v) is 56.4. The molecule has 524 valence electrons. The fraction of sp³-hybridized carbons (Fsp3) is 0.879. The van der Waals surface area contributed by atoms with Crippen LogP contribution >= 0.6 is 11.8 Å². The number of thioether (sulfide) groups is 1. The van der Waals surface area contributed by atoms with Gasteiger partial charge in [0.05, 0.1) is 164 Å². The monoisotopic (exact) mass is 1310 g/mol. The number of fused-ring (bicyclic) bond motifs is 5. The van der Waals surface area contributed by atoms with Crippen LogP contribution in [-0.4, -0.2) is 247 Å². The van der Waals surface area contributed by atoms with Crippen LogP contribution in [0.2, 0.25) is 0 Å². The largest absolute Gasteiger partial charge is 0.480 e. The minimum atomic E-state index is -1.18. The highest BCUT2D eigenvalue weighted by molar-refractivity contribution is 8.00. The SMILES string of the molecule is CC(C)CCC[C@@H](C)[C@H]1CCC2C3CC=C4CC(OC(=O)CNC(=O)CCOCCOCCOCCOCCOCCOCCOCCOCCOCCOCCOCCOCCNC(=O)CCN5C(=O)CC(SC[C@H](N)C(=O)O)C5=O)CC[C@]4(C)C3CC[C@@]21C. The standard InChI is InChI=1S/C66H114N4O20S/c1-49(2)7-6-8-50(3)54-11-12-55-53-10-9-51-45-52(13-17-65(51,4)56(53)14-18-66(54,55)5)90-62(74)47-69-60(72)16-21-78-23-25-80-27-29-82-31-33-84-35-37-86-39-41-88-43-44-89-42-40-87-38-36-85-34-32-83-30-28-81-26-24-79-22-19-68-59(71)15-20-70-61(73)46-58(63(70)75)91-48-57(67)64(76)77/h9,49-50,52-58H,6-8,10-48,67H2,1-5H3,(H,68,71)(H,69,72)(H,76,77)/t50-,52?,53?,54-,55?,56?,57+,58?,65+,66-/m1/s1. The minimum absolute atomic E-state index is 0.00812. The molecule has 24 nitrogen and oxygen atoms in total. The fourth-order valence-electron chi connectivity index (χ4n) is 13.8. The summed E-state index contributed by atoms with van der Waals surface area (Å²) in [6.07, 6.45) is 15.9. The van der Waals surface area contributed by atoms with Gasteiger partial charge in [0, 0.05) is 44.5 Å².